The Kier molecular flexibility index (Phi) is 28.4. The third-order valence-corrected chi connectivity index (χ3v) is 20.5. The molecule has 97 heavy (non-hydrogen) atoms. The number of pyridine rings is 3. The molecule has 9 heterocycles. The van der Waals surface area contributed by atoms with Crippen LogP contribution in [0.5, 0.6) is 0 Å². The van der Waals surface area contributed by atoms with E-state index < -0.39 is 0 Å². The molecule has 18 nitrogen and oxygen atoms in total. The van der Waals surface area contributed by atoms with E-state index in [2.05, 4.69) is 74.1 Å². The number of nitrogens with zero attached hydrogens (tertiary/aromatic N) is 9. The molecule has 6 aromatic rings. The van der Waals surface area contributed by atoms with Gasteiger partial charge >= 0.3 is 0 Å². The van der Waals surface area contributed by atoms with E-state index in [4.69, 9.17) is 79.1 Å². The van der Waals surface area contributed by atoms with E-state index in [0.29, 0.717) is 93.8 Å². The molecule has 3 amide bonds. The third kappa shape index (κ3) is 23.0. The van der Waals surface area contributed by atoms with Crippen molar-refractivity contribution in [3.63, 3.8) is 0 Å². The summed E-state index contributed by atoms with van der Waals surface area (Å²) >= 11 is 36.7. The highest BCUT2D eigenvalue weighted by molar-refractivity contribution is 6.33. The number of hydrogen-bond acceptors (Lipinski definition) is 15. The average molecular weight is 1450 g/mol. The number of carbonyl (C=O) groups excluding carboxylic acids is 3. The third-order valence-electron chi connectivity index (χ3n) is 19.1. The van der Waals surface area contributed by atoms with Gasteiger partial charge in [0.25, 0.3) is 17.7 Å². The van der Waals surface area contributed by atoms with Gasteiger partial charge in [0.2, 0.25) is 0 Å². The van der Waals surface area contributed by atoms with Crippen LogP contribution in [-0.4, -0.2) is 176 Å². The molecule has 12 rings (SSSR count). The number of aliphatic hydroxyl groups excluding tert-OH is 1. The fraction of sp³-hybridized carbons (Fsp3) is 0.507. The monoisotopic (exact) mass is 1440 g/mol. The van der Waals surface area contributed by atoms with Gasteiger partial charge in [-0.25, -0.2) is 15.0 Å². The SMILES string of the molecule is CC1CN(CCC2CCN(c3ncc(Cl)cc3NC(=O)c3cccc(Cl)c3)CC2)CC(C)O1.O=C(Nc1cc(Cl)cnc1N1CCC(CCN2CCC(O)CC2)CC1)c1cccc(Cl)c1.O=C(Nc1cc(Cl)cnc1N1CCC(CCN2CCCCOC2)CC1)c1cccc(Cl)c1. The normalized spacial score (nSPS) is 19.8. The number of amides is 3. The number of aliphatic hydroxyl groups is 1. The molecule has 6 saturated heterocycles. The van der Waals surface area contributed by atoms with Crippen LogP contribution >= 0.6 is 69.6 Å². The topological polar surface area (TPSA) is 184 Å². The fourth-order valence-corrected chi connectivity index (χ4v) is 14.8. The Hall–Kier alpha value is -5.58. The number of hydrogen-bond donors (Lipinski definition) is 4. The summed E-state index contributed by atoms with van der Waals surface area (Å²) in [5.74, 6) is 3.69. The van der Waals surface area contributed by atoms with Crippen molar-refractivity contribution in [1.29, 1.82) is 0 Å². The molecule has 0 spiro atoms. The number of piperidine rings is 4. The lowest BCUT2D eigenvalue weighted by molar-refractivity contribution is -0.0691. The predicted octanol–water partition coefficient (Wildman–Crippen LogP) is 15.4. The van der Waals surface area contributed by atoms with Crippen molar-refractivity contribution in [3.8, 4) is 0 Å². The number of anilines is 6. The van der Waals surface area contributed by atoms with E-state index in [1.807, 2.05) is 0 Å². The summed E-state index contributed by atoms with van der Waals surface area (Å²) < 4.78 is 11.5. The number of halogens is 6. The van der Waals surface area contributed by atoms with Gasteiger partial charge in [0.15, 0.2) is 17.5 Å². The molecule has 0 aliphatic carbocycles. The van der Waals surface area contributed by atoms with Gasteiger partial charge in [0.1, 0.15) is 0 Å². The average Bonchev–Trinajstić information content (AvgIpc) is 0.892. The highest BCUT2D eigenvalue weighted by atomic mass is 35.5. The number of nitrogens with one attached hydrogen (secondary N) is 3. The summed E-state index contributed by atoms with van der Waals surface area (Å²) in [6.07, 6.45) is 19.8. The molecule has 6 aliphatic rings. The number of carbonyl (C=O) groups is 3. The van der Waals surface area contributed by atoms with Crippen LogP contribution < -0.4 is 30.7 Å². The van der Waals surface area contributed by atoms with Crippen LogP contribution in [0.4, 0.5) is 34.5 Å². The second-order valence-electron chi connectivity index (χ2n) is 26.6. The first-order valence-electron chi connectivity index (χ1n) is 34.4. The number of likely N-dealkylation sites (tertiary alicyclic amines) is 1. The number of rotatable bonds is 18. The first kappa shape index (κ1) is 74.1. The maximum atomic E-state index is 12.8. The standard InChI is InChI=1S/C25H32Cl2N4O2.2C24H30Cl2N4O2/c1-17-15-30(16-18(2)33-17)9-6-19-7-10-31(11-8-19)24-23(13-22(27)14-28-24)29-25(32)20-4-3-5-21(26)12-20;25-20-5-3-4-19(14-20)24(31)28-22-15-21(26)16-27-23(22)30-11-7-18(8-12-30)6-10-29-9-1-2-13-32-17-29;25-19-3-1-2-18(14-19)24(32)28-22-15-20(26)16-27-23(22)30-12-5-17(6-13-30)4-9-29-10-7-21(31)8-11-29/h3-5,12-14,17-19H,6-11,15-16H2,1-2H3,(H,29,32);3-5,14-16,18H,1-2,6-13,17H2,(H,28,31);1-3,14-17,21,31H,4-13H2,(H,28,32). The van der Waals surface area contributed by atoms with E-state index >= 15 is 0 Å². The molecular weight excluding hydrogens is 1350 g/mol. The van der Waals surface area contributed by atoms with Gasteiger partial charge in [-0.15, -0.1) is 0 Å². The minimum atomic E-state index is -0.237. The van der Waals surface area contributed by atoms with Gasteiger partial charge < -0.3 is 50.1 Å². The summed E-state index contributed by atoms with van der Waals surface area (Å²) in [6, 6.07) is 25.9. The summed E-state index contributed by atoms with van der Waals surface area (Å²) in [7, 11) is 0. The maximum Gasteiger partial charge on any atom is 0.255 e. The fourth-order valence-electron chi connectivity index (χ4n) is 13.8. The Labute approximate surface area is 601 Å². The lowest BCUT2D eigenvalue weighted by Gasteiger charge is -2.37. The van der Waals surface area contributed by atoms with Crippen molar-refractivity contribution in [2.24, 2.45) is 17.8 Å². The molecule has 6 fully saturated rings. The van der Waals surface area contributed by atoms with Crippen molar-refractivity contribution in [3.05, 3.63) is 156 Å². The van der Waals surface area contributed by atoms with Crippen LogP contribution in [0.3, 0.4) is 0 Å². The van der Waals surface area contributed by atoms with Crippen LogP contribution in [-0.2, 0) is 9.47 Å². The summed E-state index contributed by atoms with van der Waals surface area (Å²) in [5.41, 5.74) is 3.36. The largest absolute Gasteiger partial charge is 0.393 e. The van der Waals surface area contributed by atoms with Crippen molar-refractivity contribution >= 4 is 122 Å². The summed E-state index contributed by atoms with van der Waals surface area (Å²) in [6.45, 7) is 19.9. The molecule has 0 bridgehead atoms. The highest BCUT2D eigenvalue weighted by Crippen LogP contribution is 2.36. The lowest BCUT2D eigenvalue weighted by Crippen LogP contribution is -2.46. The van der Waals surface area contributed by atoms with Gasteiger partial charge in [-0.1, -0.05) is 87.8 Å². The Balaban J connectivity index is 0.000000158. The van der Waals surface area contributed by atoms with Gasteiger partial charge in [0, 0.05) is 135 Å². The van der Waals surface area contributed by atoms with Gasteiger partial charge in [-0.05, 0) is 201 Å². The minimum absolute atomic E-state index is 0.116. The second kappa shape index (κ2) is 37.2. The minimum Gasteiger partial charge on any atom is -0.393 e. The number of benzene rings is 3. The molecule has 0 radical (unpaired) electrons. The summed E-state index contributed by atoms with van der Waals surface area (Å²) in [5, 5.41) is 21.6. The lowest BCUT2D eigenvalue weighted by atomic mass is 9.93. The van der Waals surface area contributed by atoms with Crippen LogP contribution in [0.15, 0.2) is 110 Å². The molecule has 4 N–H and O–H groups in total. The van der Waals surface area contributed by atoms with E-state index in [-0.39, 0.29) is 23.8 Å². The molecule has 24 heteroatoms. The van der Waals surface area contributed by atoms with E-state index in [9.17, 15) is 19.5 Å². The molecule has 3 aromatic carbocycles. The molecule has 2 atom stereocenters. The quantitative estimate of drug-likeness (QED) is 0.0637. The van der Waals surface area contributed by atoms with Gasteiger partial charge in [-0.3, -0.25) is 24.2 Å². The first-order chi connectivity index (χ1) is 46.9. The Bertz CT molecular complexity index is 3510. The van der Waals surface area contributed by atoms with Crippen LogP contribution in [0.25, 0.3) is 0 Å². The van der Waals surface area contributed by atoms with Crippen molar-refractivity contribution in [1.82, 2.24) is 29.7 Å². The van der Waals surface area contributed by atoms with Gasteiger partial charge in [-0.2, -0.15) is 0 Å². The van der Waals surface area contributed by atoms with Crippen LogP contribution in [0.2, 0.25) is 30.1 Å². The molecule has 3 aromatic heterocycles. The number of morpholine rings is 1. The van der Waals surface area contributed by atoms with E-state index in [1.165, 1.54) is 32.1 Å². The summed E-state index contributed by atoms with van der Waals surface area (Å²) in [4.78, 5) is 66.1. The molecule has 0 saturated carbocycles. The van der Waals surface area contributed by atoms with E-state index in [0.717, 1.165) is 174 Å². The zero-order valence-electron chi connectivity index (χ0n) is 55.6. The predicted molar refractivity (Wildman–Crippen MR) is 394 cm³/mol. The molecular formula is C73H92Cl6N12O6. The zero-order valence-corrected chi connectivity index (χ0v) is 60.2. The van der Waals surface area contributed by atoms with Crippen LogP contribution in [0, 0.1) is 17.8 Å². The Morgan fingerprint density at radius 1 is 0.454 bits per heavy atom. The van der Waals surface area contributed by atoms with Crippen LogP contribution in [0.1, 0.15) is 128 Å². The zero-order chi connectivity index (χ0) is 68.2. The Morgan fingerprint density at radius 2 is 0.814 bits per heavy atom. The van der Waals surface area contributed by atoms with Crippen molar-refractivity contribution < 1.29 is 29.0 Å². The first-order valence-corrected chi connectivity index (χ1v) is 36.7. The smallest absolute Gasteiger partial charge is 0.255 e. The number of ether oxygens (including phenoxy) is 2. The Morgan fingerprint density at radius 3 is 1.19 bits per heavy atom. The van der Waals surface area contributed by atoms with Crippen molar-refractivity contribution in [2.45, 2.75) is 116 Å². The van der Waals surface area contributed by atoms with Crippen molar-refractivity contribution in [2.75, 3.05) is 136 Å². The second-order valence-corrected chi connectivity index (χ2v) is 29.2. The molecule has 2 unspecified atom stereocenters. The van der Waals surface area contributed by atoms with E-state index in [1.54, 1.807) is 110 Å². The molecule has 6 aliphatic heterocycles. The number of aromatic nitrogens is 3. The highest BCUT2D eigenvalue weighted by Gasteiger charge is 2.29. The van der Waals surface area contributed by atoms with Gasteiger partial charge in [0.05, 0.1) is 57.2 Å². The maximum absolute atomic E-state index is 12.8. The molecule has 522 valence electrons.